The molecule has 1 aliphatic carbocycles. The molecule has 1 aromatic carbocycles. The Morgan fingerprint density at radius 2 is 1.96 bits per heavy atom. The average Bonchev–Trinajstić information content (AvgIpc) is 3.03. The Labute approximate surface area is 162 Å². The Hall–Kier alpha value is -2.54. The van der Waals surface area contributed by atoms with Crippen LogP contribution >= 0.6 is 11.3 Å². The molecule has 0 aliphatic heterocycles. The van der Waals surface area contributed by atoms with E-state index in [1.54, 1.807) is 32.4 Å². The molecule has 0 saturated carbocycles. The summed E-state index contributed by atoms with van der Waals surface area (Å²) in [6, 6.07) is 5.02. The number of hydrogen-bond donors (Lipinski definition) is 2. The fourth-order valence-corrected chi connectivity index (χ4v) is 4.76. The van der Waals surface area contributed by atoms with Crippen molar-refractivity contribution in [3.63, 3.8) is 0 Å². The molecule has 1 aromatic heterocycles. The number of nitrogens with one attached hydrogen (secondary N) is 2. The largest absolute Gasteiger partial charge is 0.497 e. The molecule has 0 spiro atoms. The van der Waals surface area contributed by atoms with Crippen molar-refractivity contribution in [3.8, 4) is 11.5 Å². The Morgan fingerprint density at radius 3 is 2.63 bits per heavy atom. The molecule has 0 bridgehead atoms. The molecule has 144 valence electrons. The number of rotatable bonds is 5. The molecule has 2 aromatic rings. The van der Waals surface area contributed by atoms with E-state index in [2.05, 4.69) is 17.6 Å². The molecular formula is C20H24N2O4S. The number of hydrogen-bond acceptors (Lipinski definition) is 5. The van der Waals surface area contributed by atoms with Crippen molar-refractivity contribution in [2.75, 3.05) is 26.6 Å². The summed E-state index contributed by atoms with van der Waals surface area (Å²) in [5, 5.41) is 6.21. The van der Waals surface area contributed by atoms with Gasteiger partial charge in [-0.2, -0.15) is 0 Å². The number of ether oxygens (including phenoxy) is 2. The third-order valence-corrected chi connectivity index (χ3v) is 6.02. The van der Waals surface area contributed by atoms with E-state index in [0.717, 1.165) is 24.8 Å². The summed E-state index contributed by atoms with van der Waals surface area (Å²) >= 11 is 1.50. The quantitative estimate of drug-likeness (QED) is 0.822. The highest BCUT2D eigenvalue weighted by molar-refractivity contribution is 7.17. The maximum absolute atomic E-state index is 12.9. The van der Waals surface area contributed by atoms with Crippen LogP contribution in [0.25, 0.3) is 0 Å². The first-order chi connectivity index (χ1) is 13.0. The van der Waals surface area contributed by atoms with E-state index in [4.69, 9.17) is 9.47 Å². The molecule has 1 heterocycles. The summed E-state index contributed by atoms with van der Waals surface area (Å²) in [7, 11) is 4.67. The molecule has 1 atom stereocenters. The van der Waals surface area contributed by atoms with Gasteiger partial charge in [-0.25, -0.2) is 0 Å². The molecule has 0 radical (unpaired) electrons. The highest BCUT2D eigenvalue weighted by atomic mass is 32.1. The van der Waals surface area contributed by atoms with Gasteiger partial charge in [0.05, 0.1) is 25.3 Å². The van der Waals surface area contributed by atoms with Crippen molar-refractivity contribution in [1.29, 1.82) is 0 Å². The SMILES string of the molecule is CNC(=O)c1c(NC(=O)c2ccc(OC)cc2OC)sc2c1CC[C@H](C)C2. The molecule has 3 rings (SSSR count). The molecule has 6 nitrogen and oxygen atoms in total. The normalized spacial score (nSPS) is 15.6. The zero-order valence-electron chi connectivity index (χ0n) is 16.0. The molecule has 7 heteroatoms. The lowest BCUT2D eigenvalue weighted by Crippen LogP contribution is -2.22. The van der Waals surface area contributed by atoms with Crippen LogP contribution in [0.3, 0.4) is 0 Å². The fraction of sp³-hybridized carbons (Fsp3) is 0.400. The number of benzene rings is 1. The van der Waals surface area contributed by atoms with Gasteiger partial charge in [-0.05, 0) is 42.9 Å². The van der Waals surface area contributed by atoms with Gasteiger partial charge in [-0.1, -0.05) is 6.92 Å². The fourth-order valence-electron chi connectivity index (χ4n) is 3.36. The lowest BCUT2D eigenvalue weighted by molar-refractivity contribution is 0.0963. The monoisotopic (exact) mass is 388 g/mol. The average molecular weight is 388 g/mol. The molecular weight excluding hydrogens is 364 g/mol. The summed E-state index contributed by atoms with van der Waals surface area (Å²) in [6.45, 7) is 2.21. The first-order valence-electron chi connectivity index (χ1n) is 8.88. The van der Waals surface area contributed by atoms with Gasteiger partial charge < -0.3 is 20.1 Å². The van der Waals surface area contributed by atoms with Gasteiger partial charge in [0.15, 0.2) is 0 Å². The standard InChI is InChI=1S/C20H24N2O4S/c1-11-5-7-14-16(9-11)27-20(17(14)19(24)21-2)22-18(23)13-8-6-12(25-3)10-15(13)26-4/h6,8,10-11H,5,7,9H2,1-4H3,(H,21,24)(H,22,23)/t11-/m0/s1. The molecule has 27 heavy (non-hydrogen) atoms. The molecule has 2 amide bonds. The lowest BCUT2D eigenvalue weighted by atomic mass is 9.88. The van der Waals surface area contributed by atoms with Crippen LogP contribution < -0.4 is 20.1 Å². The molecule has 1 aliphatic rings. The third-order valence-electron chi connectivity index (χ3n) is 4.85. The van der Waals surface area contributed by atoms with Crippen molar-refractivity contribution >= 4 is 28.2 Å². The molecule has 0 unspecified atom stereocenters. The maximum atomic E-state index is 12.9. The minimum absolute atomic E-state index is 0.168. The van der Waals surface area contributed by atoms with Gasteiger partial charge in [0, 0.05) is 18.0 Å². The summed E-state index contributed by atoms with van der Waals surface area (Å²) < 4.78 is 10.5. The van der Waals surface area contributed by atoms with Crippen LogP contribution in [0.15, 0.2) is 18.2 Å². The highest BCUT2D eigenvalue weighted by Gasteiger charge is 2.28. The van der Waals surface area contributed by atoms with Gasteiger partial charge in [0.2, 0.25) is 0 Å². The third kappa shape index (κ3) is 3.78. The van der Waals surface area contributed by atoms with E-state index in [0.29, 0.717) is 33.5 Å². The minimum atomic E-state index is -0.314. The van der Waals surface area contributed by atoms with Crippen molar-refractivity contribution in [2.45, 2.75) is 26.2 Å². The Bertz CT molecular complexity index is 875. The van der Waals surface area contributed by atoms with Gasteiger partial charge in [-0.3, -0.25) is 9.59 Å². The van der Waals surface area contributed by atoms with Crippen molar-refractivity contribution < 1.29 is 19.1 Å². The Kier molecular flexibility index (Phi) is 5.70. The zero-order valence-corrected chi connectivity index (χ0v) is 16.8. The summed E-state index contributed by atoms with van der Waals surface area (Å²) in [4.78, 5) is 26.5. The van der Waals surface area contributed by atoms with Crippen molar-refractivity contribution in [1.82, 2.24) is 5.32 Å². The van der Waals surface area contributed by atoms with Gasteiger partial charge in [0.1, 0.15) is 16.5 Å². The van der Waals surface area contributed by atoms with Crippen molar-refractivity contribution in [3.05, 3.63) is 39.8 Å². The second-order valence-corrected chi connectivity index (χ2v) is 7.76. The second-order valence-electron chi connectivity index (χ2n) is 6.66. The number of anilines is 1. The van der Waals surface area contributed by atoms with Crippen LogP contribution in [-0.2, 0) is 12.8 Å². The number of methoxy groups -OCH3 is 2. The smallest absolute Gasteiger partial charge is 0.260 e. The molecule has 2 N–H and O–H groups in total. The zero-order chi connectivity index (χ0) is 19.6. The topological polar surface area (TPSA) is 76.7 Å². The van der Waals surface area contributed by atoms with Gasteiger partial charge in [-0.15, -0.1) is 11.3 Å². The van der Waals surface area contributed by atoms with Crippen LogP contribution in [0.5, 0.6) is 11.5 Å². The van der Waals surface area contributed by atoms with Crippen LogP contribution in [0.2, 0.25) is 0 Å². The number of carbonyl (C=O) groups is 2. The van der Waals surface area contributed by atoms with Gasteiger partial charge in [0.25, 0.3) is 11.8 Å². The van der Waals surface area contributed by atoms with E-state index < -0.39 is 0 Å². The Morgan fingerprint density at radius 1 is 1.19 bits per heavy atom. The Balaban J connectivity index is 1.96. The van der Waals surface area contributed by atoms with Crippen LogP contribution in [0.1, 0.15) is 44.5 Å². The van der Waals surface area contributed by atoms with Gasteiger partial charge >= 0.3 is 0 Å². The van der Waals surface area contributed by atoms with Crippen LogP contribution in [0, 0.1) is 5.92 Å². The first kappa shape index (κ1) is 19.2. The van der Waals surface area contributed by atoms with E-state index in [1.165, 1.54) is 23.3 Å². The number of thiophene rings is 1. The minimum Gasteiger partial charge on any atom is -0.497 e. The van der Waals surface area contributed by atoms with E-state index in [-0.39, 0.29) is 11.8 Å². The maximum Gasteiger partial charge on any atom is 0.260 e. The molecule has 0 saturated heterocycles. The first-order valence-corrected chi connectivity index (χ1v) is 9.70. The highest BCUT2D eigenvalue weighted by Crippen LogP contribution is 2.40. The van der Waals surface area contributed by atoms with Crippen LogP contribution in [0.4, 0.5) is 5.00 Å². The van der Waals surface area contributed by atoms with E-state index >= 15 is 0 Å². The van der Waals surface area contributed by atoms with Crippen molar-refractivity contribution in [2.24, 2.45) is 5.92 Å². The van der Waals surface area contributed by atoms with E-state index in [9.17, 15) is 9.59 Å². The van der Waals surface area contributed by atoms with Crippen LogP contribution in [-0.4, -0.2) is 33.1 Å². The lowest BCUT2D eigenvalue weighted by Gasteiger charge is -2.18. The van der Waals surface area contributed by atoms with E-state index in [1.807, 2.05) is 0 Å². The summed E-state index contributed by atoms with van der Waals surface area (Å²) in [6.07, 6.45) is 2.84. The predicted octanol–water partition coefficient (Wildman–Crippen LogP) is 3.50. The number of fused-ring (bicyclic) bond motifs is 1. The number of carbonyl (C=O) groups excluding carboxylic acids is 2. The molecule has 0 fully saturated rings. The second kappa shape index (κ2) is 8.00. The summed E-state index contributed by atoms with van der Waals surface area (Å²) in [5.74, 6) is 1.13. The predicted molar refractivity (Wildman–Crippen MR) is 106 cm³/mol. The number of amides is 2. The summed E-state index contributed by atoms with van der Waals surface area (Å²) in [5.41, 5.74) is 2.04.